The molecule has 2 aromatic rings. The van der Waals surface area contributed by atoms with Crippen LogP contribution in [0.3, 0.4) is 0 Å². The van der Waals surface area contributed by atoms with E-state index in [4.69, 9.17) is 4.74 Å². The summed E-state index contributed by atoms with van der Waals surface area (Å²) in [5, 5.41) is 6.07. The van der Waals surface area contributed by atoms with Crippen LogP contribution >= 0.6 is 0 Å². The predicted octanol–water partition coefficient (Wildman–Crippen LogP) is 1.78. The molecule has 0 bridgehead atoms. The number of nitrogens with one attached hydrogen (secondary N) is 2. The van der Waals surface area contributed by atoms with Gasteiger partial charge in [0.05, 0.1) is 13.0 Å². The monoisotopic (exact) mass is 368 g/mol. The van der Waals surface area contributed by atoms with Crippen LogP contribution in [-0.4, -0.2) is 55.0 Å². The summed E-state index contributed by atoms with van der Waals surface area (Å²) in [7, 11) is 1.57. The van der Waals surface area contributed by atoms with Crippen molar-refractivity contribution in [2.45, 2.75) is 6.42 Å². The Bertz CT molecular complexity index is 782. The lowest BCUT2D eigenvalue weighted by Crippen LogP contribution is -2.36. The number of carbonyl (C=O) groups is 2. The molecule has 1 aliphatic rings. The molecule has 0 unspecified atom stereocenters. The summed E-state index contributed by atoms with van der Waals surface area (Å²) in [5.74, 6) is 1.17. The second-order valence-electron chi connectivity index (χ2n) is 6.40. The number of methoxy groups -OCH3 is 1. The summed E-state index contributed by atoms with van der Waals surface area (Å²) in [4.78, 5) is 30.9. The average molecular weight is 368 g/mol. The van der Waals surface area contributed by atoms with Gasteiger partial charge in [0.1, 0.15) is 11.6 Å². The molecule has 1 aliphatic heterocycles. The largest absolute Gasteiger partial charge is 0.497 e. The molecule has 1 saturated heterocycles. The fourth-order valence-electron chi connectivity index (χ4n) is 3.09. The molecular formula is C20H24N4O3. The molecule has 27 heavy (non-hydrogen) atoms. The first-order valence-electron chi connectivity index (χ1n) is 9.03. The maximum atomic E-state index is 12.6. The molecule has 0 aliphatic carbocycles. The van der Waals surface area contributed by atoms with Crippen molar-refractivity contribution in [2.24, 2.45) is 5.92 Å². The van der Waals surface area contributed by atoms with E-state index in [1.165, 1.54) is 0 Å². The van der Waals surface area contributed by atoms with Gasteiger partial charge >= 0.3 is 0 Å². The topological polar surface area (TPSA) is 83.6 Å². The lowest BCUT2D eigenvalue weighted by Gasteiger charge is -2.17. The molecule has 2 N–H and O–H groups in total. The second-order valence-corrected chi connectivity index (χ2v) is 6.40. The normalized spacial score (nSPS) is 16.0. The number of anilines is 1. The summed E-state index contributed by atoms with van der Waals surface area (Å²) in [6.45, 7) is 2.13. The van der Waals surface area contributed by atoms with Crippen molar-refractivity contribution in [3.8, 4) is 5.75 Å². The molecular weight excluding hydrogens is 344 g/mol. The molecule has 1 aromatic heterocycles. The third kappa shape index (κ3) is 4.97. The highest BCUT2D eigenvalue weighted by molar-refractivity contribution is 5.95. The minimum Gasteiger partial charge on any atom is -0.497 e. The van der Waals surface area contributed by atoms with E-state index in [2.05, 4.69) is 15.6 Å². The Balaban J connectivity index is 1.44. The van der Waals surface area contributed by atoms with Gasteiger partial charge in [-0.3, -0.25) is 9.59 Å². The van der Waals surface area contributed by atoms with Crippen LogP contribution in [-0.2, 0) is 4.79 Å². The molecule has 0 radical (unpaired) electrons. The molecule has 142 valence electrons. The van der Waals surface area contributed by atoms with Gasteiger partial charge in [-0.1, -0.05) is 12.1 Å². The Kier molecular flexibility index (Phi) is 6.25. The minimum absolute atomic E-state index is 0.0150. The highest BCUT2D eigenvalue weighted by atomic mass is 16.5. The van der Waals surface area contributed by atoms with Crippen molar-refractivity contribution < 1.29 is 14.3 Å². The van der Waals surface area contributed by atoms with Crippen LogP contribution in [0.25, 0.3) is 0 Å². The average Bonchev–Trinajstić information content (AvgIpc) is 3.21. The van der Waals surface area contributed by atoms with E-state index in [9.17, 15) is 9.59 Å². The second kappa shape index (κ2) is 9.02. The van der Waals surface area contributed by atoms with E-state index < -0.39 is 0 Å². The van der Waals surface area contributed by atoms with Crippen LogP contribution < -0.4 is 15.4 Å². The number of hydrogen-bond acceptors (Lipinski definition) is 5. The Morgan fingerprint density at radius 1 is 1.22 bits per heavy atom. The van der Waals surface area contributed by atoms with Gasteiger partial charge in [-0.2, -0.15) is 0 Å². The summed E-state index contributed by atoms with van der Waals surface area (Å²) in [6.07, 6.45) is 2.39. The first kappa shape index (κ1) is 18.7. The quantitative estimate of drug-likeness (QED) is 0.728. The number of hydrogen-bond donors (Lipinski definition) is 2. The molecule has 0 spiro atoms. The maximum absolute atomic E-state index is 12.6. The van der Waals surface area contributed by atoms with Crippen LogP contribution in [0.5, 0.6) is 5.75 Å². The third-order valence-corrected chi connectivity index (χ3v) is 4.56. The predicted molar refractivity (Wildman–Crippen MR) is 103 cm³/mol. The molecule has 3 rings (SSSR count). The molecule has 2 heterocycles. The van der Waals surface area contributed by atoms with E-state index in [0.29, 0.717) is 43.9 Å². The van der Waals surface area contributed by atoms with Crippen molar-refractivity contribution in [3.63, 3.8) is 0 Å². The van der Waals surface area contributed by atoms with Crippen LogP contribution in [0.15, 0.2) is 48.7 Å². The summed E-state index contributed by atoms with van der Waals surface area (Å²) in [5.41, 5.74) is 0.579. The first-order valence-corrected chi connectivity index (χ1v) is 9.03. The molecule has 1 atom stereocenters. The minimum atomic E-state index is -0.172. The van der Waals surface area contributed by atoms with Crippen LogP contribution in [0.1, 0.15) is 16.8 Å². The van der Waals surface area contributed by atoms with Gasteiger partial charge in [-0.25, -0.2) is 4.98 Å². The van der Waals surface area contributed by atoms with Crippen molar-refractivity contribution in [1.29, 1.82) is 0 Å². The zero-order valence-corrected chi connectivity index (χ0v) is 15.4. The third-order valence-electron chi connectivity index (χ3n) is 4.56. The highest BCUT2D eigenvalue weighted by Crippen LogP contribution is 2.21. The number of rotatable bonds is 7. The number of amides is 2. The number of likely N-dealkylation sites (tertiary alicyclic amines) is 1. The van der Waals surface area contributed by atoms with E-state index in [1.807, 2.05) is 18.2 Å². The number of pyridine rings is 1. The van der Waals surface area contributed by atoms with Crippen LogP contribution in [0.2, 0.25) is 0 Å². The van der Waals surface area contributed by atoms with Crippen LogP contribution in [0.4, 0.5) is 5.82 Å². The Morgan fingerprint density at radius 3 is 2.89 bits per heavy atom. The summed E-state index contributed by atoms with van der Waals surface area (Å²) < 4.78 is 5.17. The molecule has 7 nitrogen and oxygen atoms in total. The zero-order chi connectivity index (χ0) is 19.1. The smallest absolute Gasteiger partial charge is 0.254 e. The van der Waals surface area contributed by atoms with Crippen molar-refractivity contribution >= 4 is 17.6 Å². The molecule has 0 saturated carbocycles. The van der Waals surface area contributed by atoms with Gasteiger partial charge < -0.3 is 20.3 Å². The van der Waals surface area contributed by atoms with E-state index in [0.717, 1.165) is 5.82 Å². The SMILES string of the molecule is COc1cccc(C(=O)N2CC[C@@H](C(=O)NCCNc3ccccn3)C2)c1. The first-order chi connectivity index (χ1) is 13.2. The van der Waals surface area contributed by atoms with Crippen molar-refractivity contribution in [3.05, 3.63) is 54.2 Å². The van der Waals surface area contributed by atoms with Crippen molar-refractivity contribution in [2.75, 3.05) is 38.6 Å². The summed E-state index contributed by atoms with van der Waals surface area (Å²) in [6, 6.07) is 12.7. The molecule has 7 heteroatoms. The Labute approximate surface area is 158 Å². The summed E-state index contributed by atoms with van der Waals surface area (Å²) >= 11 is 0. The lowest BCUT2D eigenvalue weighted by atomic mass is 10.1. The standard InChI is InChI=1S/C20H24N4O3/c1-27-17-6-4-5-15(13-17)20(26)24-12-8-16(14-24)19(25)23-11-10-22-18-7-2-3-9-21-18/h2-7,9,13,16H,8,10-12,14H2,1H3,(H,21,22)(H,23,25)/t16-/m1/s1. The maximum Gasteiger partial charge on any atom is 0.254 e. The Morgan fingerprint density at radius 2 is 2.11 bits per heavy atom. The van der Waals surface area contributed by atoms with E-state index in [1.54, 1.807) is 42.5 Å². The van der Waals surface area contributed by atoms with Gasteiger partial charge in [0, 0.05) is 37.9 Å². The van der Waals surface area contributed by atoms with E-state index in [-0.39, 0.29) is 17.7 Å². The zero-order valence-electron chi connectivity index (χ0n) is 15.4. The van der Waals surface area contributed by atoms with Crippen LogP contribution in [0, 0.1) is 5.92 Å². The Hall–Kier alpha value is -3.09. The number of carbonyl (C=O) groups excluding carboxylic acids is 2. The molecule has 1 fully saturated rings. The number of nitrogens with zero attached hydrogens (tertiary/aromatic N) is 2. The number of ether oxygens (including phenoxy) is 1. The van der Waals surface area contributed by atoms with E-state index >= 15 is 0 Å². The van der Waals surface area contributed by atoms with Gasteiger partial charge in [0.25, 0.3) is 5.91 Å². The highest BCUT2D eigenvalue weighted by Gasteiger charge is 2.31. The van der Waals surface area contributed by atoms with Gasteiger partial charge in [0.2, 0.25) is 5.91 Å². The van der Waals surface area contributed by atoms with Crippen molar-refractivity contribution in [1.82, 2.24) is 15.2 Å². The van der Waals surface area contributed by atoms with Gasteiger partial charge in [-0.05, 0) is 36.8 Å². The van der Waals surface area contributed by atoms with Gasteiger partial charge in [0.15, 0.2) is 0 Å². The lowest BCUT2D eigenvalue weighted by molar-refractivity contribution is -0.124. The number of benzene rings is 1. The number of aromatic nitrogens is 1. The molecule has 2 amide bonds. The van der Waals surface area contributed by atoms with Gasteiger partial charge in [-0.15, -0.1) is 0 Å². The fourth-order valence-corrected chi connectivity index (χ4v) is 3.09. The fraction of sp³-hybridized carbons (Fsp3) is 0.350. The molecule has 1 aromatic carbocycles.